The highest BCUT2D eigenvalue weighted by Crippen LogP contribution is 2.29. The van der Waals surface area contributed by atoms with E-state index in [2.05, 4.69) is 35.2 Å². The maximum atomic E-state index is 9.18. The molecule has 1 saturated heterocycles. The van der Waals surface area contributed by atoms with E-state index in [1.54, 1.807) is 0 Å². The van der Waals surface area contributed by atoms with Crippen molar-refractivity contribution in [2.45, 2.75) is 25.7 Å². The number of thiocarbonyl (C=S) groups is 1. The Balaban J connectivity index is 2.19. The summed E-state index contributed by atoms with van der Waals surface area (Å²) in [7, 11) is 0. The van der Waals surface area contributed by atoms with Crippen molar-refractivity contribution >= 4 is 17.2 Å². The fraction of sp³-hybridized carbons (Fsp3) is 0.375. The van der Waals surface area contributed by atoms with Gasteiger partial charge in [-0.15, -0.1) is 0 Å². The molecule has 0 radical (unpaired) electrons. The van der Waals surface area contributed by atoms with Crippen LogP contribution in [0.5, 0.6) is 0 Å². The molecule has 0 aromatic heterocycles. The van der Waals surface area contributed by atoms with E-state index in [4.69, 9.17) is 18.0 Å². The first-order valence-electron chi connectivity index (χ1n) is 6.84. The monoisotopic (exact) mass is 285 g/mol. The average Bonchev–Trinajstić information content (AvgIpc) is 2.48. The van der Waals surface area contributed by atoms with E-state index in [0.717, 1.165) is 25.2 Å². The number of nitrogens with two attached hydrogens (primary N) is 1. The van der Waals surface area contributed by atoms with Gasteiger partial charge in [0.2, 0.25) is 0 Å². The number of benzene rings is 1. The van der Waals surface area contributed by atoms with Crippen LogP contribution >= 0.6 is 12.2 Å². The smallest absolute Gasteiger partial charge is 0.116 e. The molecule has 0 saturated carbocycles. The molecule has 1 aromatic carbocycles. The molecule has 1 fully saturated rings. The van der Waals surface area contributed by atoms with Crippen molar-refractivity contribution < 1.29 is 0 Å². The number of allylic oxidation sites excluding steroid dienone is 1. The van der Waals surface area contributed by atoms with Crippen molar-refractivity contribution in [1.82, 2.24) is 4.90 Å². The lowest BCUT2D eigenvalue weighted by Gasteiger charge is -2.35. The summed E-state index contributed by atoms with van der Waals surface area (Å²) in [6.45, 7) is 3.82. The first-order chi connectivity index (χ1) is 9.63. The second kappa shape index (κ2) is 6.53. The van der Waals surface area contributed by atoms with Crippen molar-refractivity contribution in [2.75, 3.05) is 13.1 Å². The minimum atomic E-state index is 0.187. The molecule has 1 aromatic rings. The lowest BCUT2D eigenvalue weighted by Crippen LogP contribution is -2.34. The van der Waals surface area contributed by atoms with Crippen LogP contribution in [-0.2, 0) is 0 Å². The van der Waals surface area contributed by atoms with Gasteiger partial charge in [-0.25, -0.2) is 0 Å². The summed E-state index contributed by atoms with van der Waals surface area (Å²) in [5.74, 6) is 0.506. The zero-order valence-electron chi connectivity index (χ0n) is 11.7. The van der Waals surface area contributed by atoms with Crippen LogP contribution in [0.1, 0.15) is 31.2 Å². The third kappa shape index (κ3) is 3.17. The zero-order valence-corrected chi connectivity index (χ0v) is 12.5. The van der Waals surface area contributed by atoms with Crippen LogP contribution < -0.4 is 5.73 Å². The lowest BCUT2D eigenvalue weighted by atomic mass is 9.90. The minimum Gasteiger partial charge on any atom is -0.389 e. The van der Waals surface area contributed by atoms with Gasteiger partial charge in [0.25, 0.3) is 0 Å². The average molecular weight is 285 g/mol. The molecule has 1 heterocycles. The van der Waals surface area contributed by atoms with E-state index < -0.39 is 0 Å². The molecule has 1 aliphatic heterocycles. The number of rotatable bonds is 3. The zero-order chi connectivity index (χ0) is 14.5. The Morgan fingerprint density at radius 2 is 2.10 bits per heavy atom. The second-order valence-electron chi connectivity index (χ2n) is 5.13. The van der Waals surface area contributed by atoms with Gasteiger partial charge >= 0.3 is 0 Å². The van der Waals surface area contributed by atoms with Crippen LogP contribution in [0.3, 0.4) is 0 Å². The third-order valence-electron chi connectivity index (χ3n) is 3.89. The first kappa shape index (κ1) is 14.5. The SMILES string of the molecule is CC(=C(C#N)C(N)=S)N1CCCC(c2ccccc2)C1. The number of hydrogen-bond donors (Lipinski definition) is 1. The van der Waals surface area contributed by atoms with E-state index in [1.807, 2.05) is 13.0 Å². The molecule has 1 atom stereocenters. The summed E-state index contributed by atoms with van der Waals surface area (Å²) < 4.78 is 0. The van der Waals surface area contributed by atoms with Gasteiger partial charge in [-0.2, -0.15) is 5.26 Å². The van der Waals surface area contributed by atoms with Crippen molar-refractivity contribution in [3.05, 3.63) is 47.2 Å². The van der Waals surface area contributed by atoms with E-state index >= 15 is 0 Å². The molecule has 0 aliphatic carbocycles. The molecule has 0 amide bonds. The van der Waals surface area contributed by atoms with Gasteiger partial charge in [0, 0.05) is 24.7 Å². The van der Waals surface area contributed by atoms with Crippen molar-refractivity contribution in [2.24, 2.45) is 5.73 Å². The van der Waals surface area contributed by atoms with Crippen LogP contribution in [-0.4, -0.2) is 23.0 Å². The van der Waals surface area contributed by atoms with Gasteiger partial charge in [0.05, 0.1) is 0 Å². The number of nitriles is 1. The molecule has 104 valence electrons. The van der Waals surface area contributed by atoms with Crippen molar-refractivity contribution in [1.29, 1.82) is 5.26 Å². The molecule has 0 bridgehead atoms. The molecule has 0 spiro atoms. The summed E-state index contributed by atoms with van der Waals surface area (Å²) in [4.78, 5) is 2.42. The largest absolute Gasteiger partial charge is 0.389 e. The summed E-state index contributed by atoms with van der Waals surface area (Å²) in [5, 5.41) is 9.18. The predicted molar refractivity (Wildman–Crippen MR) is 85.1 cm³/mol. The Hall–Kier alpha value is -1.86. The molecule has 1 aliphatic rings. The van der Waals surface area contributed by atoms with Gasteiger partial charge in [-0.1, -0.05) is 42.5 Å². The standard InChI is InChI=1S/C16H19N3S/c1-12(15(10-17)16(18)20)19-9-5-8-14(11-19)13-6-3-2-4-7-13/h2-4,6-7,14H,5,8-9,11H2,1H3,(H2,18,20). The molecule has 4 heteroatoms. The molecular weight excluding hydrogens is 266 g/mol. The maximum Gasteiger partial charge on any atom is 0.116 e. The van der Waals surface area contributed by atoms with E-state index in [0.29, 0.717) is 11.5 Å². The molecule has 20 heavy (non-hydrogen) atoms. The normalized spacial score (nSPS) is 20.0. The quantitative estimate of drug-likeness (QED) is 0.527. The van der Waals surface area contributed by atoms with E-state index in [1.165, 1.54) is 12.0 Å². The van der Waals surface area contributed by atoms with Gasteiger partial charge in [0.1, 0.15) is 16.6 Å². The Bertz CT molecular complexity index is 557. The van der Waals surface area contributed by atoms with Gasteiger partial charge in [-0.05, 0) is 25.3 Å². The maximum absolute atomic E-state index is 9.18. The van der Waals surface area contributed by atoms with Crippen molar-refractivity contribution in [3.63, 3.8) is 0 Å². The van der Waals surface area contributed by atoms with Gasteiger partial charge in [0.15, 0.2) is 0 Å². The second-order valence-corrected chi connectivity index (χ2v) is 5.57. The van der Waals surface area contributed by atoms with Gasteiger partial charge < -0.3 is 10.6 Å². The fourth-order valence-electron chi connectivity index (χ4n) is 2.75. The summed E-state index contributed by atoms with van der Waals surface area (Å²) in [5.41, 5.74) is 8.33. The van der Waals surface area contributed by atoms with Crippen LogP contribution in [0.4, 0.5) is 0 Å². The highest BCUT2D eigenvalue weighted by atomic mass is 32.1. The van der Waals surface area contributed by atoms with E-state index in [9.17, 15) is 5.26 Å². The fourth-order valence-corrected chi connectivity index (χ4v) is 2.94. The van der Waals surface area contributed by atoms with Gasteiger partial charge in [-0.3, -0.25) is 0 Å². The predicted octanol–water partition coefficient (Wildman–Crippen LogP) is 2.95. The Morgan fingerprint density at radius 3 is 2.70 bits per heavy atom. The number of hydrogen-bond acceptors (Lipinski definition) is 3. The number of nitrogens with zero attached hydrogens (tertiary/aromatic N) is 2. The molecule has 3 nitrogen and oxygen atoms in total. The van der Waals surface area contributed by atoms with Crippen LogP contribution in [0, 0.1) is 11.3 Å². The molecule has 1 unspecified atom stereocenters. The lowest BCUT2D eigenvalue weighted by molar-refractivity contribution is 0.258. The molecule has 2 rings (SSSR count). The molecular formula is C16H19N3S. The Kier molecular flexibility index (Phi) is 4.75. The number of piperidine rings is 1. The highest BCUT2D eigenvalue weighted by molar-refractivity contribution is 7.80. The van der Waals surface area contributed by atoms with Crippen molar-refractivity contribution in [3.8, 4) is 6.07 Å². The number of likely N-dealkylation sites (tertiary alicyclic amines) is 1. The summed E-state index contributed by atoms with van der Waals surface area (Å²) in [6.07, 6.45) is 2.30. The minimum absolute atomic E-state index is 0.187. The van der Waals surface area contributed by atoms with Crippen LogP contribution in [0.25, 0.3) is 0 Å². The topological polar surface area (TPSA) is 53.1 Å². The highest BCUT2D eigenvalue weighted by Gasteiger charge is 2.23. The van der Waals surface area contributed by atoms with Crippen LogP contribution in [0.2, 0.25) is 0 Å². The third-order valence-corrected chi connectivity index (χ3v) is 4.09. The Morgan fingerprint density at radius 1 is 1.40 bits per heavy atom. The van der Waals surface area contributed by atoms with Crippen LogP contribution in [0.15, 0.2) is 41.6 Å². The first-order valence-corrected chi connectivity index (χ1v) is 7.25. The summed E-state index contributed by atoms with van der Waals surface area (Å²) >= 11 is 4.96. The molecule has 2 N–H and O–H groups in total. The Labute approximate surface area is 125 Å². The van der Waals surface area contributed by atoms with E-state index in [-0.39, 0.29) is 4.99 Å². The summed E-state index contributed by atoms with van der Waals surface area (Å²) in [6, 6.07) is 12.7.